The molecule has 3 rings (SSSR count). The van der Waals surface area contributed by atoms with Gasteiger partial charge in [0.25, 0.3) is 0 Å². The van der Waals surface area contributed by atoms with Crippen LogP contribution in [0.25, 0.3) is 0 Å². The van der Waals surface area contributed by atoms with Crippen LogP contribution in [0.4, 0.5) is 0 Å². The summed E-state index contributed by atoms with van der Waals surface area (Å²) in [6.45, 7) is 4.43. The van der Waals surface area contributed by atoms with Crippen molar-refractivity contribution in [1.29, 1.82) is 0 Å². The van der Waals surface area contributed by atoms with Crippen LogP contribution in [0.3, 0.4) is 0 Å². The Labute approximate surface area is 150 Å². The van der Waals surface area contributed by atoms with E-state index >= 15 is 0 Å². The van der Waals surface area contributed by atoms with E-state index in [9.17, 15) is 0 Å². The number of ether oxygens (including phenoxy) is 3. The van der Waals surface area contributed by atoms with E-state index < -0.39 is 0 Å². The van der Waals surface area contributed by atoms with Crippen LogP contribution in [0.5, 0.6) is 5.75 Å². The number of hydrogen-bond donors (Lipinski definition) is 0. The van der Waals surface area contributed by atoms with Crippen molar-refractivity contribution in [3.05, 3.63) is 29.8 Å². The molecule has 25 heavy (non-hydrogen) atoms. The number of nitrogens with zero attached hydrogens (tertiary/aromatic N) is 1. The summed E-state index contributed by atoms with van der Waals surface area (Å²) in [6, 6.07) is 8.33. The average molecular weight is 347 g/mol. The van der Waals surface area contributed by atoms with E-state index in [4.69, 9.17) is 19.0 Å². The lowest BCUT2D eigenvalue weighted by molar-refractivity contribution is -0.212. The van der Waals surface area contributed by atoms with Gasteiger partial charge in [0.1, 0.15) is 12.4 Å². The fraction of sp³-hybridized carbons (Fsp3) is 0.650. The van der Waals surface area contributed by atoms with E-state index in [0.29, 0.717) is 19.1 Å². The molecule has 138 valence electrons. The predicted molar refractivity (Wildman–Crippen MR) is 97.0 cm³/mol. The highest BCUT2D eigenvalue weighted by Crippen LogP contribution is 2.42. The molecule has 0 N–H and O–H groups in total. The molecule has 0 bridgehead atoms. The van der Waals surface area contributed by atoms with E-state index in [1.54, 1.807) is 6.21 Å². The normalized spacial score (nSPS) is 22.5. The molecule has 1 aliphatic heterocycles. The molecule has 0 amide bonds. The molecule has 1 atom stereocenters. The first-order valence-corrected chi connectivity index (χ1v) is 9.46. The summed E-state index contributed by atoms with van der Waals surface area (Å²) in [7, 11) is 0. The van der Waals surface area contributed by atoms with Crippen molar-refractivity contribution in [1.82, 2.24) is 0 Å². The predicted octanol–water partition coefficient (Wildman–Crippen LogP) is 3.95. The lowest BCUT2D eigenvalue weighted by atomic mass is 9.79. The molecule has 1 saturated carbocycles. The molecule has 2 aliphatic rings. The smallest absolute Gasteiger partial charge is 0.171 e. The van der Waals surface area contributed by atoms with Gasteiger partial charge < -0.3 is 19.0 Å². The van der Waals surface area contributed by atoms with Gasteiger partial charge in [-0.2, -0.15) is 0 Å². The minimum Gasteiger partial charge on any atom is -0.490 e. The Morgan fingerprint density at radius 3 is 2.72 bits per heavy atom. The first-order chi connectivity index (χ1) is 12.3. The summed E-state index contributed by atoms with van der Waals surface area (Å²) in [4.78, 5) is 5.09. The summed E-state index contributed by atoms with van der Waals surface area (Å²) in [5.74, 6) is 0.975. The first-order valence-electron chi connectivity index (χ1n) is 9.46. The molecule has 5 heteroatoms. The van der Waals surface area contributed by atoms with Gasteiger partial charge in [-0.1, -0.05) is 30.6 Å². The van der Waals surface area contributed by atoms with Gasteiger partial charge in [-0.05, 0) is 43.4 Å². The van der Waals surface area contributed by atoms with Crippen LogP contribution in [-0.2, 0) is 20.7 Å². The second-order valence-electron chi connectivity index (χ2n) is 6.68. The summed E-state index contributed by atoms with van der Waals surface area (Å²) >= 11 is 0. The summed E-state index contributed by atoms with van der Waals surface area (Å²) in [6.07, 6.45) is 8.28. The number of rotatable bonds is 8. The van der Waals surface area contributed by atoms with Crippen molar-refractivity contribution in [2.75, 3.05) is 26.4 Å². The summed E-state index contributed by atoms with van der Waals surface area (Å²) in [5.41, 5.74) is 1.31. The average Bonchev–Trinajstić information content (AvgIpc) is 3.11. The van der Waals surface area contributed by atoms with Crippen molar-refractivity contribution in [2.24, 2.45) is 11.1 Å². The summed E-state index contributed by atoms with van der Waals surface area (Å²) < 4.78 is 17.7. The fourth-order valence-electron chi connectivity index (χ4n) is 3.68. The third-order valence-corrected chi connectivity index (χ3v) is 4.91. The first kappa shape index (κ1) is 18.2. The molecule has 1 heterocycles. The Balaban J connectivity index is 1.48. The van der Waals surface area contributed by atoms with Crippen LogP contribution in [-0.4, -0.2) is 38.4 Å². The lowest BCUT2D eigenvalue weighted by Crippen LogP contribution is -2.42. The van der Waals surface area contributed by atoms with Gasteiger partial charge in [0.05, 0.1) is 13.2 Å². The fourth-order valence-corrected chi connectivity index (χ4v) is 3.68. The van der Waals surface area contributed by atoms with Gasteiger partial charge >= 0.3 is 0 Å². The minimum atomic E-state index is -0.330. The van der Waals surface area contributed by atoms with Crippen LogP contribution in [0, 0.1) is 5.92 Å². The summed E-state index contributed by atoms with van der Waals surface area (Å²) in [5, 5.41) is 3.81. The zero-order valence-corrected chi connectivity index (χ0v) is 15.1. The van der Waals surface area contributed by atoms with Crippen molar-refractivity contribution >= 4 is 6.21 Å². The molecule has 0 radical (unpaired) electrons. The maximum Gasteiger partial charge on any atom is 0.171 e. The number of benzene rings is 1. The molecule has 2 fully saturated rings. The second-order valence-corrected chi connectivity index (χ2v) is 6.68. The Bertz CT molecular complexity index is 537. The SMILES string of the molecule is CC/C=N/OCCOc1ccc(CC2CCCCC23OCCO3)cc1. The Morgan fingerprint density at radius 1 is 1.16 bits per heavy atom. The molecule has 1 aromatic rings. The van der Waals surface area contributed by atoms with Gasteiger partial charge in [0.15, 0.2) is 12.4 Å². The topological polar surface area (TPSA) is 49.3 Å². The van der Waals surface area contributed by atoms with Gasteiger partial charge in [-0.25, -0.2) is 0 Å². The van der Waals surface area contributed by atoms with E-state index in [1.807, 2.05) is 19.1 Å². The van der Waals surface area contributed by atoms with E-state index in [2.05, 4.69) is 17.3 Å². The third kappa shape index (κ3) is 4.95. The van der Waals surface area contributed by atoms with Crippen molar-refractivity contribution < 1.29 is 19.0 Å². The number of oxime groups is 1. The zero-order valence-electron chi connectivity index (χ0n) is 15.1. The van der Waals surface area contributed by atoms with Crippen LogP contribution < -0.4 is 4.74 Å². The highest BCUT2D eigenvalue weighted by molar-refractivity contribution is 5.55. The van der Waals surface area contributed by atoms with E-state index in [0.717, 1.165) is 38.2 Å². The highest BCUT2D eigenvalue weighted by atomic mass is 16.7. The second kappa shape index (κ2) is 9.20. The molecule has 1 aromatic carbocycles. The highest BCUT2D eigenvalue weighted by Gasteiger charge is 2.45. The Morgan fingerprint density at radius 2 is 1.96 bits per heavy atom. The molecular formula is C20H29NO4. The van der Waals surface area contributed by atoms with E-state index in [1.165, 1.54) is 24.8 Å². The molecular weight excluding hydrogens is 318 g/mol. The van der Waals surface area contributed by atoms with Crippen LogP contribution >= 0.6 is 0 Å². The minimum absolute atomic E-state index is 0.330. The lowest BCUT2D eigenvalue weighted by Gasteiger charge is -2.39. The standard InChI is InChI=1S/C20H29NO4/c1-2-11-21-25-15-12-22-19-8-6-17(7-9-19)16-18-5-3-4-10-20(18)23-13-14-24-20/h6-9,11,18H,2-5,10,12-16H2,1H3/b21-11+. The third-order valence-electron chi connectivity index (χ3n) is 4.91. The molecule has 1 spiro atoms. The molecule has 5 nitrogen and oxygen atoms in total. The Kier molecular flexibility index (Phi) is 6.70. The van der Waals surface area contributed by atoms with Gasteiger partial charge in [0.2, 0.25) is 0 Å². The molecule has 1 saturated heterocycles. The van der Waals surface area contributed by atoms with E-state index in [-0.39, 0.29) is 5.79 Å². The van der Waals surface area contributed by atoms with Crippen molar-refractivity contribution in [3.8, 4) is 5.75 Å². The molecule has 1 aliphatic carbocycles. The maximum atomic E-state index is 6.01. The Hall–Kier alpha value is -1.59. The molecule has 1 unspecified atom stereocenters. The van der Waals surface area contributed by atoms with Crippen molar-refractivity contribution in [2.45, 2.75) is 51.2 Å². The maximum absolute atomic E-state index is 6.01. The largest absolute Gasteiger partial charge is 0.490 e. The van der Waals surface area contributed by atoms with Crippen LogP contribution in [0.2, 0.25) is 0 Å². The van der Waals surface area contributed by atoms with Crippen molar-refractivity contribution in [3.63, 3.8) is 0 Å². The van der Waals surface area contributed by atoms with Gasteiger partial charge in [0, 0.05) is 18.6 Å². The van der Waals surface area contributed by atoms with Gasteiger partial charge in [-0.15, -0.1) is 0 Å². The monoisotopic (exact) mass is 347 g/mol. The zero-order chi connectivity index (χ0) is 17.4. The molecule has 0 aromatic heterocycles. The van der Waals surface area contributed by atoms with Gasteiger partial charge in [-0.3, -0.25) is 0 Å². The number of hydrogen-bond acceptors (Lipinski definition) is 5. The quantitative estimate of drug-likeness (QED) is 0.406. The van der Waals surface area contributed by atoms with Crippen LogP contribution in [0.15, 0.2) is 29.4 Å². The van der Waals surface area contributed by atoms with Crippen LogP contribution in [0.1, 0.15) is 44.6 Å².